The molecule has 5 nitrogen and oxygen atoms in total. The quantitative estimate of drug-likeness (QED) is 0.858. The Morgan fingerprint density at radius 1 is 1.35 bits per heavy atom. The van der Waals surface area contributed by atoms with Crippen LogP contribution in [-0.2, 0) is 16.1 Å². The van der Waals surface area contributed by atoms with Crippen molar-refractivity contribution in [2.24, 2.45) is 5.92 Å². The summed E-state index contributed by atoms with van der Waals surface area (Å²) in [7, 11) is 0. The first kappa shape index (κ1) is 16.1. The van der Waals surface area contributed by atoms with Crippen LogP contribution in [0, 0.1) is 12.8 Å². The van der Waals surface area contributed by atoms with Crippen LogP contribution in [0.3, 0.4) is 0 Å². The average molecular weight is 379 g/mol. The number of carboxylic acids is 1. The number of aliphatic carboxylic acids is 1. The topological polar surface area (TPSA) is 71.3 Å². The van der Waals surface area contributed by atoms with E-state index in [0.29, 0.717) is 12.8 Å². The van der Waals surface area contributed by atoms with Gasteiger partial charge in [0.1, 0.15) is 6.54 Å². The van der Waals surface area contributed by atoms with E-state index in [9.17, 15) is 9.59 Å². The first-order chi connectivity index (χ1) is 11.0. The Kier molecular flexibility index (Phi) is 4.43. The van der Waals surface area contributed by atoms with Crippen LogP contribution in [-0.4, -0.2) is 27.6 Å². The maximum absolute atomic E-state index is 12.4. The predicted molar refractivity (Wildman–Crippen MR) is 91.3 cm³/mol. The summed E-state index contributed by atoms with van der Waals surface area (Å²) in [5.74, 6) is -1.17. The third-order valence-corrected chi connectivity index (χ3v) is 5.60. The lowest BCUT2D eigenvalue weighted by Crippen LogP contribution is -2.35. The van der Waals surface area contributed by atoms with Crippen LogP contribution in [0.5, 0.6) is 0 Å². The summed E-state index contributed by atoms with van der Waals surface area (Å²) < 4.78 is 2.99. The molecule has 1 amide bonds. The molecule has 0 spiro atoms. The van der Waals surface area contributed by atoms with Crippen LogP contribution in [0.25, 0.3) is 10.9 Å². The van der Waals surface area contributed by atoms with E-state index in [1.54, 1.807) is 0 Å². The van der Waals surface area contributed by atoms with Crippen LogP contribution >= 0.6 is 15.9 Å². The molecule has 2 aromatic rings. The fourth-order valence-electron chi connectivity index (χ4n) is 3.35. The molecule has 0 radical (unpaired) electrons. The van der Waals surface area contributed by atoms with E-state index in [1.807, 2.05) is 35.8 Å². The smallest absolute Gasteiger partial charge is 0.306 e. The number of hydrogen-bond donors (Lipinski definition) is 2. The summed E-state index contributed by atoms with van der Waals surface area (Å²) in [5.41, 5.74) is 2.03. The highest BCUT2D eigenvalue weighted by Gasteiger charge is 2.30. The van der Waals surface area contributed by atoms with E-state index >= 15 is 0 Å². The Balaban J connectivity index is 1.72. The first-order valence-corrected chi connectivity index (χ1v) is 8.52. The van der Waals surface area contributed by atoms with Gasteiger partial charge in [0.25, 0.3) is 0 Å². The molecule has 1 fully saturated rings. The minimum Gasteiger partial charge on any atom is -0.481 e. The number of aromatic nitrogens is 1. The van der Waals surface area contributed by atoms with Gasteiger partial charge >= 0.3 is 5.97 Å². The van der Waals surface area contributed by atoms with Gasteiger partial charge in [-0.25, -0.2) is 0 Å². The summed E-state index contributed by atoms with van der Waals surface area (Å²) in [6.07, 6.45) is 1.89. The van der Waals surface area contributed by atoms with E-state index in [-0.39, 0.29) is 24.4 Å². The first-order valence-electron chi connectivity index (χ1n) is 7.73. The lowest BCUT2D eigenvalue weighted by atomic mass is 10.1. The summed E-state index contributed by atoms with van der Waals surface area (Å²) in [6, 6.07) is 7.92. The summed E-state index contributed by atoms with van der Waals surface area (Å²) in [6.45, 7) is 2.22. The van der Waals surface area contributed by atoms with Crippen molar-refractivity contribution in [1.29, 1.82) is 0 Å². The lowest BCUT2D eigenvalue weighted by Gasteiger charge is -2.14. The maximum atomic E-state index is 12.4. The lowest BCUT2D eigenvalue weighted by molar-refractivity contribution is -0.141. The molecule has 0 unspecified atom stereocenters. The highest BCUT2D eigenvalue weighted by Crippen LogP contribution is 2.30. The predicted octanol–water partition coefficient (Wildman–Crippen LogP) is 3.08. The van der Waals surface area contributed by atoms with Crippen molar-refractivity contribution >= 4 is 38.7 Å². The Bertz CT molecular complexity index is 769. The van der Waals surface area contributed by atoms with Gasteiger partial charge in [0, 0.05) is 27.1 Å². The van der Waals surface area contributed by atoms with E-state index < -0.39 is 5.97 Å². The number of nitrogens with one attached hydrogen (secondary N) is 1. The van der Waals surface area contributed by atoms with Gasteiger partial charge in [-0.2, -0.15) is 0 Å². The van der Waals surface area contributed by atoms with Gasteiger partial charge in [-0.15, -0.1) is 0 Å². The van der Waals surface area contributed by atoms with Crippen molar-refractivity contribution in [2.75, 3.05) is 0 Å². The van der Waals surface area contributed by atoms with Crippen LogP contribution in [0.1, 0.15) is 25.0 Å². The van der Waals surface area contributed by atoms with Crippen molar-refractivity contribution < 1.29 is 14.7 Å². The van der Waals surface area contributed by atoms with Crippen molar-refractivity contribution in [1.82, 2.24) is 9.88 Å². The number of nitrogens with zero attached hydrogens (tertiary/aromatic N) is 1. The van der Waals surface area contributed by atoms with Crippen LogP contribution in [0.4, 0.5) is 0 Å². The van der Waals surface area contributed by atoms with Gasteiger partial charge in [0.2, 0.25) is 5.91 Å². The third-order valence-electron chi connectivity index (χ3n) is 4.60. The molecule has 1 saturated carbocycles. The van der Waals surface area contributed by atoms with E-state index in [4.69, 9.17) is 5.11 Å². The normalized spacial score (nSPS) is 20.8. The highest BCUT2D eigenvalue weighted by atomic mass is 79.9. The van der Waals surface area contributed by atoms with Crippen molar-refractivity contribution in [2.45, 2.75) is 38.8 Å². The number of carbonyl (C=O) groups is 2. The number of halogens is 1. The molecule has 0 aliphatic heterocycles. The van der Waals surface area contributed by atoms with Crippen LogP contribution in [0.2, 0.25) is 0 Å². The van der Waals surface area contributed by atoms with Gasteiger partial charge < -0.3 is 15.0 Å². The largest absolute Gasteiger partial charge is 0.481 e. The maximum Gasteiger partial charge on any atom is 0.306 e. The zero-order valence-electron chi connectivity index (χ0n) is 12.9. The molecular formula is C17H19BrN2O3. The SMILES string of the molecule is Cc1c(Br)c2ccccc2n1CC(=O)N[C@H]1CC[C@@H](C(=O)O)C1. The molecule has 1 aliphatic carbocycles. The zero-order chi connectivity index (χ0) is 16.6. The number of amides is 1. The minimum absolute atomic E-state index is 0.0332. The standard InChI is InChI=1S/C17H19BrN2O3/c1-10-16(18)13-4-2-3-5-14(13)20(10)9-15(21)19-12-7-6-11(8-12)17(22)23/h2-5,11-12H,6-9H2,1H3,(H,19,21)(H,22,23)/t11-,12+/m1/s1. The Morgan fingerprint density at radius 2 is 2.09 bits per heavy atom. The van der Waals surface area contributed by atoms with Gasteiger partial charge in [-0.3, -0.25) is 9.59 Å². The Morgan fingerprint density at radius 3 is 2.78 bits per heavy atom. The molecule has 1 aliphatic rings. The number of rotatable bonds is 4. The minimum atomic E-state index is -0.766. The van der Waals surface area contributed by atoms with Gasteiger partial charge in [-0.05, 0) is 48.2 Å². The molecular weight excluding hydrogens is 360 g/mol. The second-order valence-corrected chi connectivity index (χ2v) is 6.91. The molecule has 1 aromatic heterocycles. The molecule has 0 bridgehead atoms. The van der Waals surface area contributed by atoms with Crippen molar-refractivity contribution in [3.8, 4) is 0 Å². The molecule has 6 heteroatoms. The van der Waals surface area contributed by atoms with Gasteiger partial charge in [-0.1, -0.05) is 18.2 Å². The molecule has 3 rings (SSSR count). The summed E-state index contributed by atoms with van der Waals surface area (Å²) >= 11 is 3.59. The number of para-hydroxylation sites is 1. The molecule has 2 N–H and O–H groups in total. The van der Waals surface area contributed by atoms with Crippen LogP contribution < -0.4 is 5.32 Å². The average Bonchev–Trinajstić information content (AvgIpc) is 3.07. The second kappa shape index (κ2) is 6.35. The third kappa shape index (κ3) is 3.13. The van der Waals surface area contributed by atoms with E-state index in [0.717, 1.165) is 27.5 Å². The molecule has 1 heterocycles. The Hall–Kier alpha value is -1.82. The Labute approximate surface area is 142 Å². The summed E-state index contributed by atoms with van der Waals surface area (Å²) in [4.78, 5) is 23.4. The molecule has 122 valence electrons. The molecule has 23 heavy (non-hydrogen) atoms. The fourth-order valence-corrected chi connectivity index (χ4v) is 3.90. The molecule has 0 saturated heterocycles. The van der Waals surface area contributed by atoms with Gasteiger partial charge in [0.05, 0.1) is 5.92 Å². The van der Waals surface area contributed by atoms with E-state index in [2.05, 4.69) is 21.2 Å². The number of hydrogen-bond acceptors (Lipinski definition) is 2. The fraction of sp³-hybridized carbons (Fsp3) is 0.412. The highest BCUT2D eigenvalue weighted by molar-refractivity contribution is 9.10. The van der Waals surface area contributed by atoms with E-state index in [1.165, 1.54) is 0 Å². The number of carboxylic acid groups (broad SMARTS) is 1. The zero-order valence-corrected chi connectivity index (χ0v) is 14.5. The van der Waals surface area contributed by atoms with Crippen molar-refractivity contribution in [3.05, 3.63) is 34.4 Å². The van der Waals surface area contributed by atoms with Crippen LogP contribution in [0.15, 0.2) is 28.7 Å². The number of benzene rings is 1. The summed E-state index contributed by atoms with van der Waals surface area (Å²) in [5, 5.41) is 13.1. The molecule has 1 aromatic carbocycles. The number of carbonyl (C=O) groups excluding carboxylic acids is 1. The molecule has 2 atom stereocenters. The monoisotopic (exact) mass is 378 g/mol. The van der Waals surface area contributed by atoms with Gasteiger partial charge in [0.15, 0.2) is 0 Å². The number of fused-ring (bicyclic) bond motifs is 1. The second-order valence-electron chi connectivity index (χ2n) is 6.12. The van der Waals surface area contributed by atoms with Crippen molar-refractivity contribution in [3.63, 3.8) is 0 Å².